The molecule has 0 unspecified atom stereocenters. The Morgan fingerprint density at radius 1 is 1.23 bits per heavy atom. The van der Waals surface area contributed by atoms with E-state index in [1.807, 2.05) is 0 Å². The van der Waals surface area contributed by atoms with Gasteiger partial charge in [0.2, 0.25) is 0 Å². The Morgan fingerprint density at radius 3 is 2.38 bits per heavy atom. The van der Waals surface area contributed by atoms with Gasteiger partial charge in [0.05, 0.1) is 0 Å². The smallest absolute Gasteiger partial charge is 0.278 e. The Morgan fingerprint density at radius 2 is 1.85 bits per heavy atom. The van der Waals surface area contributed by atoms with E-state index in [1.54, 1.807) is 6.21 Å². The number of carbonyl (C=O) groups excluding carboxylic acids is 1. The van der Waals surface area contributed by atoms with Crippen LogP contribution < -0.4 is 0 Å². The summed E-state index contributed by atoms with van der Waals surface area (Å²) < 4.78 is 5.27. The molecule has 0 amide bonds. The molecule has 0 aliphatic carbocycles. The minimum absolute atomic E-state index is 0.655. The molecule has 0 atom stereocenters. The zero-order chi connectivity index (χ0) is 10.2. The van der Waals surface area contributed by atoms with Crippen molar-refractivity contribution in [2.75, 3.05) is 0 Å². The second-order valence-corrected chi connectivity index (χ2v) is 8.35. The van der Waals surface area contributed by atoms with E-state index in [4.69, 9.17) is 4.53 Å². The van der Waals surface area contributed by atoms with Crippen molar-refractivity contribution in [3.05, 3.63) is 0 Å². The van der Waals surface area contributed by atoms with Crippen LogP contribution in [0.25, 0.3) is 0 Å². The van der Waals surface area contributed by atoms with Crippen molar-refractivity contribution < 1.29 is 9.32 Å². The number of hydrogen-bond acceptors (Lipinski definition) is 3. The lowest BCUT2D eigenvalue weighted by atomic mass is 10.2. The number of unbranched alkanes of at least 4 members (excludes halogenated alkanes) is 3. The molecule has 0 aromatic rings. The third kappa shape index (κ3) is 11.4. The summed E-state index contributed by atoms with van der Waals surface area (Å²) in [5, 5.41) is 3.89. The number of rotatable bonds is 7. The molecule has 0 radical (unpaired) electrons. The van der Waals surface area contributed by atoms with Crippen LogP contribution in [0.2, 0.25) is 19.6 Å². The van der Waals surface area contributed by atoms with Crippen LogP contribution in [0.1, 0.15) is 25.7 Å². The molecular weight excluding hydrogens is 182 g/mol. The van der Waals surface area contributed by atoms with Gasteiger partial charge in [0, 0.05) is 12.6 Å². The van der Waals surface area contributed by atoms with Crippen LogP contribution >= 0.6 is 0 Å². The van der Waals surface area contributed by atoms with Gasteiger partial charge in [-0.15, -0.1) is 5.16 Å². The fourth-order valence-corrected chi connectivity index (χ4v) is 1.10. The molecule has 0 aromatic heterocycles. The molecule has 0 N–H and O–H groups in total. The summed E-state index contributed by atoms with van der Waals surface area (Å²) in [5.41, 5.74) is 0. The summed E-state index contributed by atoms with van der Waals surface area (Å²) in [7, 11) is -1.49. The van der Waals surface area contributed by atoms with Crippen LogP contribution in [0.15, 0.2) is 5.16 Å². The number of oxime groups is 1. The quantitative estimate of drug-likeness (QED) is 0.209. The first kappa shape index (κ1) is 12.4. The highest BCUT2D eigenvalue weighted by molar-refractivity contribution is 6.69. The topological polar surface area (TPSA) is 38.7 Å². The fraction of sp³-hybridized carbons (Fsp3) is 0.778. The van der Waals surface area contributed by atoms with Crippen LogP contribution in [0.5, 0.6) is 0 Å². The molecule has 13 heavy (non-hydrogen) atoms. The molecule has 0 saturated carbocycles. The normalized spacial score (nSPS) is 11.9. The Hall–Kier alpha value is -0.643. The van der Waals surface area contributed by atoms with Crippen molar-refractivity contribution in [2.45, 2.75) is 45.3 Å². The first-order valence-corrected chi connectivity index (χ1v) is 8.11. The van der Waals surface area contributed by atoms with E-state index >= 15 is 0 Å². The van der Waals surface area contributed by atoms with Crippen molar-refractivity contribution in [3.8, 4) is 0 Å². The molecule has 4 heteroatoms. The summed E-state index contributed by atoms with van der Waals surface area (Å²) in [5.74, 6) is 0. The Labute approximate surface area is 81.3 Å². The molecule has 0 rings (SSSR count). The molecule has 76 valence electrons. The lowest BCUT2D eigenvalue weighted by Crippen LogP contribution is -2.22. The van der Waals surface area contributed by atoms with Gasteiger partial charge in [-0.05, 0) is 38.9 Å². The maximum Gasteiger partial charge on any atom is 0.278 e. The van der Waals surface area contributed by atoms with Crippen molar-refractivity contribution in [1.82, 2.24) is 0 Å². The third-order valence-electron chi connectivity index (χ3n) is 1.31. The molecule has 3 nitrogen and oxygen atoms in total. The van der Waals surface area contributed by atoms with Crippen LogP contribution in [-0.2, 0) is 9.32 Å². The minimum atomic E-state index is -1.49. The lowest BCUT2D eigenvalue weighted by Gasteiger charge is -2.11. The van der Waals surface area contributed by atoms with Gasteiger partial charge >= 0.3 is 0 Å². The lowest BCUT2D eigenvalue weighted by molar-refractivity contribution is -0.107. The van der Waals surface area contributed by atoms with Gasteiger partial charge in [-0.2, -0.15) is 0 Å². The van der Waals surface area contributed by atoms with Gasteiger partial charge in [0.25, 0.3) is 8.32 Å². The molecule has 0 heterocycles. The molecule has 0 saturated heterocycles. The van der Waals surface area contributed by atoms with Gasteiger partial charge in [-0.3, -0.25) is 0 Å². The molecule has 0 aliphatic rings. The number of carbonyl (C=O) groups is 1. The molecule has 0 spiro atoms. The fourth-order valence-electron chi connectivity index (χ4n) is 0.711. The Balaban J connectivity index is 3.27. The highest BCUT2D eigenvalue weighted by Crippen LogP contribution is 2.02. The van der Waals surface area contributed by atoms with Gasteiger partial charge in [0.1, 0.15) is 6.29 Å². The number of nitrogens with zero attached hydrogens (tertiary/aromatic N) is 1. The number of hydrogen-bond donors (Lipinski definition) is 0. The first-order chi connectivity index (χ1) is 6.06. The van der Waals surface area contributed by atoms with Crippen LogP contribution in [0.4, 0.5) is 0 Å². The van der Waals surface area contributed by atoms with Crippen LogP contribution in [0, 0.1) is 0 Å². The van der Waals surface area contributed by atoms with Crippen molar-refractivity contribution in [2.24, 2.45) is 5.16 Å². The highest BCUT2D eigenvalue weighted by atomic mass is 28.4. The maximum absolute atomic E-state index is 9.97. The zero-order valence-corrected chi connectivity index (χ0v) is 9.75. The SMILES string of the molecule is C[Si](C)(C)ON=CCCCCC=O. The van der Waals surface area contributed by atoms with Crippen molar-refractivity contribution in [3.63, 3.8) is 0 Å². The second-order valence-electron chi connectivity index (χ2n) is 3.94. The first-order valence-electron chi connectivity index (χ1n) is 4.70. The van der Waals surface area contributed by atoms with Gasteiger partial charge < -0.3 is 9.32 Å². The van der Waals surface area contributed by atoms with Crippen LogP contribution in [0.3, 0.4) is 0 Å². The molecule has 0 bridgehead atoms. The molecular formula is C9H19NO2Si. The summed E-state index contributed by atoms with van der Waals surface area (Å²) in [6.45, 7) is 6.28. The predicted molar refractivity (Wildman–Crippen MR) is 57.5 cm³/mol. The van der Waals surface area contributed by atoms with Crippen LogP contribution in [-0.4, -0.2) is 20.8 Å². The summed E-state index contributed by atoms with van der Waals surface area (Å²) in [6.07, 6.45) is 6.26. The van der Waals surface area contributed by atoms with E-state index in [1.165, 1.54) is 0 Å². The Kier molecular flexibility index (Phi) is 6.49. The Bertz CT molecular complexity index is 163. The van der Waals surface area contributed by atoms with E-state index in [9.17, 15) is 4.79 Å². The highest BCUT2D eigenvalue weighted by Gasteiger charge is 2.14. The van der Waals surface area contributed by atoms with E-state index in [0.29, 0.717) is 6.42 Å². The standard InChI is InChI=1S/C9H19NO2Si/c1-13(2,3)12-10-8-6-4-5-7-9-11/h8-9H,4-7H2,1-3H3. The average molecular weight is 201 g/mol. The monoisotopic (exact) mass is 201 g/mol. The van der Waals surface area contributed by atoms with Gasteiger partial charge in [-0.1, -0.05) is 0 Å². The summed E-state index contributed by atoms with van der Waals surface area (Å²) in [6, 6.07) is 0. The average Bonchev–Trinajstić information content (AvgIpc) is 2.01. The molecule has 0 aromatic carbocycles. The number of aldehydes is 1. The summed E-state index contributed by atoms with van der Waals surface area (Å²) in [4.78, 5) is 9.97. The third-order valence-corrected chi connectivity index (χ3v) is 1.96. The van der Waals surface area contributed by atoms with Crippen molar-refractivity contribution >= 4 is 20.8 Å². The zero-order valence-electron chi connectivity index (χ0n) is 8.75. The van der Waals surface area contributed by atoms with Crippen molar-refractivity contribution in [1.29, 1.82) is 0 Å². The summed E-state index contributed by atoms with van der Waals surface area (Å²) >= 11 is 0. The molecule has 0 aliphatic heterocycles. The van der Waals surface area contributed by atoms with E-state index in [2.05, 4.69) is 24.8 Å². The second kappa shape index (κ2) is 6.83. The largest absolute Gasteiger partial charge is 0.456 e. The minimum Gasteiger partial charge on any atom is -0.456 e. The van der Waals surface area contributed by atoms with Gasteiger partial charge in [-0.25, -0.2) is 0 Å². The van der Waals surface area contributed by atoms with E-state index in [-0.39, 0.29) is 0 Å². The maximum atomic E-state index is 9.97. The van der Waals surface area contributed by atoms with E-state index < -0.39 is 8.32 Å². The predicted octanol–water partition coefficient (Wildman–Crippen LogP) is 2.58. The van der Waals surface area contributed by atoms with Gasteiger partial charge in [0.15, 0.2) is 0 Å². The molecule has 0 fully saturated rings. The van der Waals surface area contributed by atoms with E-state index in [0.717, 1.165) is 25.5 Å².